The molecule has 0 bridgehead atoms. The third-order valence-corrected chi connectivity index (χ3v) is 8.81. The molecule has 1 saturated carbocycles. The fourth-order valence-corrected chi connectivity index (χ4v) is 6.43. The average Bonchev–Trinajstić information content (AvgIpc) is 3.25. The second kappa shape index (κ2) is 11.2. The summed E-state index contributed by atoms with van der Waals surface area (Å²) in [7, 11) is 0. The van der Waals surface area contributed by atoms with Gasteiger partial charge in [-0.05, 0) is 113 Å². The zero-order valence-corrected chi connectivity index (χ0v) is 22.9. The molecule has 39 heavy (non-hydrogen) atoms. The first-order valence-electron chi connectivity index (χ1n) is 14.1. The molecule has 3 aliphatic rings. The van der Waals surface area contributed by atoms with Crippen molar-refractivity contribution in [2.75, 3.05) is 18.0 Å². The molecule has 0 spiro atoms. The van der Waals surface area contributed by atoms with E-state index in [-0.39, 0.29) is 23.8 Å². The van der Waals surface area contributed by atoms with Crippen LogP contribution in [0.3, 0.4) is 0 Å². The molecule has 7 nitrogen and oxygen atoms in total. The highest BCUT2D eigenvalue weighted by Gasteiger charge is 2.36. The normalized spacial score (nSPS) is 23.7. The zero-order chi connectivity index (χ0) is 27.7. The summed E-state index contributed by atoms with van der Waals surface area (Å²) in [6.45, 7) is 6.53. The third kappa shape index (κ3) is 6.23. The third-order valence-electron chi connectivity index (χ3n) is 8.81. The van der Waals surface area contributed by atoms with E-state index in [1.54, 1.807) is 0 Å². The molecule has 2 amide bonds. The van der Waals surface area contributed by atoms with Gasteiger partial charge in [0.15, 0.2) is 0 Å². The van der Waals surface area contributed by atoms with Crippen molar-refractivity contribution in [3.63, 3.8) is 0 Å². The molecular weight excluding hydrogens is 495 g/mol. The van der Waals surface area contributed by atoms with Gasteiger partial charge in [0.1, 0.15) is 11.7 Å². The number of likely N-dealkylation sites (tertiary alicyclic amines) is 1. The van der Waals surface area contributed by atoms with Crippen molar-refractivity contribution >= 4 is 23.3 Å². The summed E-state index contributed by atoms with van der Waals surface area (Å²) >= 11 is 0. The SMILES string of the molecule is CC(C)(O)C1CCN(Cc2ccc3c(c2)N(C2CCC(C(N)=O)CC2)C(=NC(=O)c2ccc(F)cc2)C3)CC1. The molecule has 3 N–H and O–H groups in total. The van der Waals surface area contributed by atoms with E-state index in [9.17, 15) is 19.1 Å². The first kappa shape index (κ1) is 27.5. The summed E-state index contributed by atoms with van der Waals surface area (Å²) in [6.07, 6.45) is 5.55. The Bertz CT molecular complexity index is 1240. The van der Waals surface area contributed by atoms with Gasteiger partial charge in [0.05, 0.1) is 5.60 Å². The molecule has 2 aromatic carbocycles. The second-order valence-corrected chi connectivity index (χ2v) is 12.0. The van der Waals surface area contributed by atoms with Crippen LogP contribution in [0, 0.1) is 17.7 Å². The van der Waals surface area contributed by atoms with Gasteiger partial charge in [-0.3, -0.25) is 14.5 Å². The molecular formula is C31H39FN4O3. The number of benzene rings is 2. The number of amides is 2. The van der Waals surface area contributed by atoms with Gasteiger partial charge in [-0.2, -0.15) is 4.99 Å². The number of carbonyl (C=O) groups is 2. The minimum absolute atomic E-state index is 0.109. The number of hydrogen-bond donors (Lipinski definition) is 2. The van der Waals surface area contributed by atoms with Gasteiger partial charge < -0.3 is 15.7 Å². The number of nitrogens with two attached hydrogens (primary N) is 1. The quantitative estimate of drug-likeness (QED) is 0.570. The molecule has 0 aromatic heterocycles. The maximum Gasteiger partial charge on any atom is 0.278 e. The largest absolute Gasteiger partial charge is 0.390 e. The molecule has 8 heteroatoms. The highest BCUT2D eigenvalue weighted by atomic mass is 19.1. The minimum Gasteiger partial charge on any atom is -0.390 e. The van der Waals surface area contributed by atoms with Gasteiger partial charge in [-0.1, -0.05) is 12.1 Å². The summed E-state index contributed by atoms with van der Waals surface area (Å²) in [5, 5.41) is 10.4. The highest BCUT2D eigenvalue weighted by molar-refractivity contribution is 6.12. The smallest absolute Gasteiger partial charge is 0.278 e. The number of nitrogens with zero attached hydrogens (tertiary/aromatic N) is 3. The second-order valence-electron chi connectivity index (χ2n) is 12.0. The molecule has 0 unspecified atom stereocenters. The van der Waals surface area contributed by atoms with Gasteiger partial charge in [0.2, 0.25) is 5.91 Å². The van der Waals surface area contributed by atoms with E-state index in [4.69, 9.17) is 5.73 Å². The summed E-state index contributed by atoms with van der Waals surface area (Å²) in [6, 6.07) is 12.1. The summed E-state index contributed by atoms with van der Waals surface area (Å²) in [4.78, 5) is 34.0. The molecule has 2 aromatic rings. The number of fused-ring (bicyclic) bond motifs is 1. The molecule has 1 saturated heterocycles. The summed E-state index contributed by atoms with van der Waals surface area (Å²) < 4.78 is 13.4. The molecule has 208 valence electrons. The van der Waals surface area contributed by atoms with Crippen molar-refractivity contribution in [2.45, 2.75) is 77.0 Å². The molecule has 2 heterocycles. The lowest BCUT2D eigenvalue weighted by atomic mass is 9.83. The van der Waals surface area contributed by atoms with Crippen LogP contribution in [0.5, 0.6) is 0 Å². The van der Waals surface area contributed by atoms with Crippen LogP contribution in [-0.4, -0.2) is 52.4 Å². The van der Waals surface area contributed by atoms with Crippen molar-refractivity contribution < 1.29 is 19.1 Å². The Hall–Kier alpha value is -3.10. The van der Waals surface area contributed by atoms with Crippen LogP contribution < -0.4 is 10.6 Å². The van der Waals surface area contributed by atoms with Gasteiger partial charge >= 0.3 is 0 Å². The number of halogens is 1. The van der Waals surface area contributed by atoms with Crippen LogP contribution in [-0.2, 0) is 17.8 Å². The Labute approximate surface area is 229 Å². The number of hydrogen-bond acceptors (Lipinski definition) is 4. The molecule has 0 radical (unpaired) electrons. The van der Waals surface area contributed by atoms with Gasteiger partial charge in [0.25, 0.3) is 5.91 Å². The Morgan fingerprint density at radius 2 is 1.69 bits per heavy atom. The maximum absolute atomic E-state index is 13.4. The fourth-order valence-electron chi connectivity index (χ4n) is 6.43. The van der Waals surface area contributed by atoms with Crippen molar-refractivity contribution in [3.05, 3.63) is 65.0 Å². The lowest BCUT2D eigenvalue weighted by molar-refractivity contribution is -0.122. The first-order chi connectivity index (χ1) is 18.6. The van der Waals surface area contributed by atoms with Crippen molar-refractivity contribution in [3.8, 4) is 0 Å². The Morgan fingerprint density at radius 3 is 2.31 bits per heavy atom. The van der Waals surface area contributed by atoms with Crippen LogP contribution in [0.2, 0.25) is 0 Å². The Balaban J connectivity index is 1.38. The lowest BCUT2D eigenvalue weighted by Crippen LogP contribution is -2.42. The topological polar surface area (TPSA) is 99.2 Å². The van der Waals surface area contributed by atoms with E-state index in [0.29, 0.717) is 23.7 Å². The molecule has 2 aliphatic heterocycles. The number of aliphatic imine (C=N–C) groups is 1. The predicted molar refractivity (Wildman–Crippen MR) is 150 cm³/mol. The van der Waals surface area contributed by atoms with E-state index in [0.717, 1.165) is 69.4 Å². The van der Waals surface area contributed by atoms with E-state index < -0.39 is 11.4 Å². The standard InChI is InChI=1S/C31H39FN4O3/c1-31(2,39)24-13-15-35(16-14-24)19-20-3-4-23-18-28(34-30(38)22-5-9-25(32)10-6-22)36(27(23)17-20)26-11-7-21(8-12-26)29(33)37/h3-6,9-10,17,21,24,26,39H,7-8,11-16,18-19H2,1-2H3,(H2,33,37). The van der Waals surface area contributed by atoms with Crippen LogP contribution in [0.4, 0.5) is 10.1 Å². The molecule has 2 fully saturated rings. The number of amidine groups is 1. The monoisotopic (exact) mass is 534 g/mol. The van der Waals surface area contributed by atoms with Crippen LogP contribution in [0.1, 0.15) is 73.9 Å². The summed E-state index contributed by atoms with van der Waals surface area (Å²) in [5.41, 5.74) is 8.70. The van der Waals surface area contributed by atoms with Crippen LogP contribution in [0.15, 0.2) is 47.5 Å². The number of primary amides is 1. The predicted octanol–water partition coefficient (Wildman–Crippen LogP) is 4.45. The Morgan fingerprint density at radius 1 is 1.03 bits per heavy atom. The van der Waals surface area contributed by atoms with Gasteiger partial charge in [0, 0.05) is 36.2 Å². The van der Waals surface area contributed by atoms with E-state index in [2.05, 4.69) is 33.0 Å². The number of anilines is 1. The number of piperidine rings is 1. The Kier molecular flexibility index (Phi) is 7.87. The lowest BCUT2D eigenvalue weighted by Gasteiger charge is -2.38. The van der Waals surface area contributed by atoms with Crippen molar-refractivity contribution in [1.82, 2.24) is 4.90 Å². The maximum atomic E-state index is 13.4. The van der Waals surface area contributed by atoms with E-state index in [1.807, 2.05) is 13.8 Å². The number of rotatable bonds is 6. The molecule has 0 atom stereocenters. The van der Waals surface area contributed by atoms with Gasteiger partial charge in [-0.15, -0.1) is 0 Å². The highest BCUT2D eigenvalue weighted by Crippen LogP contribution is 2.38. The van der Waals surface area contributed by atoms with Crippen LogP contribution >= 0.6 is 0 Å². The van der Waals surface area contributed by atoms with E-state index >= 15 is 0 Å². The van der Waals surface area contributed by atoms with Crippen LogP contribution in [0.25, 0.3) is 0 Å². The fraction of sp³-hybridized carbons (Fsp3) is 0.516. The van der Waals surface area contributed by atoms with Crippen molar-refractivity contribution in [1.29, 1.82) is 0 Å². The number of carbonyl (C=O) groups excluding carboxylic acids is 2. The first-order valence-corrected chi connectivity index (χ1v) is 14.1. The van der Waals surface area contributed by atoms with Crippen molar-refractivity contribution in [2.24, 2.45) is 22.6 Å². The summed E-state index contributed by atoms with van der Waals surface area (Å²) in [5.74, 6) is -0.114. The number of aliphatic hydroxyl groups is 1. The zero-order valence-electron chi connectivity index (χ0n) is 22.9. The minimum atomic E-state index is -0.644. The average molecular weight is 535 g/mol. The molecule has 5 rings (SSSR count). The molecule has 1 aliphatic carbocycles. The van der Waals surface area contributed by atoms with Gasteiger partial charge in [-0.25, -0.2) is 4.39 Å². The van der Waals surface area contributed by atoms with E-state index in [1.165, 1.54) is 29.8 Å².